The molecule has 3 heterocycles. The third-order valence-electron chi connectivity index (χ3n) is 8.34. The molecule has 0 spiro atoms. The van der Waals surface area contributed by atoms with Crippen molar-refractivity contribution in [3.63, 3.8) is 0 Å². The van der Waals surface area contributed by atoms with Crippen molar-refractivity contribution in [2.24, 2.45) is 7.05 Å². The van der Waals surface area contributed by atoms with Crippen LogP contribution in [-0.2, 0) is 44.5 Å². The molecule has 3 aromatic heterocycles. The number of hydrogen-bond acceptors (Lipinski definition) is 10. The summed E-state index contributed by atoms with van der Waals surface area (Å²) in [5.74, 6) is 3.56. The van der Waals surface area contributed by atoms with Crippen molar-refractivity contribution >= 4 is 54.1 Å². The zero-order valence-electron chi connectivity index (χ0n) is 28.2. The number of aromatic amines is 1. The van der Waals surface area contributed by atoms with Gasteiger partial charge in [-0.1, -0.05) is 28.8 Å². The second kappa shape index (κ2) is 13.9. The summed E-state index contributed by atoms with van der Waals surface area (Å²) in [6.07, 6.45) is 1.65. The summed E-state index contributed by atoms with van der Waals surface area (Å²) >= 11 is 6.59. The number of hydrogen-bond donors (Lipinski definition) is 3. The molecular weight excluding hydrogens is 740 g/mol. The van der Waals surface area contributed by atoms with E-state index in [4.69, 9.17) is 16.6 Å². The molecule has 0 aliphatic heterocycles. The highest BCUT2D eigenvalue weighted by Crippen LogP contribution is 2.40. The minimum Gasteiger partial charge on any atom is -0.347 e. The smallest absolute Gasteiger partial charge is 0.231 e. The summed E-state index contributed by atoms with van der Waals surface area (Å²) < 4.78 is 81.9. The van der Waals surface area contributed by atoms with E-state index in [1.54, 1.807) is 31.3 Å². The Kier molecular flexibility index (Phi) is 9.81. The number of sulfonamides is 1. The molecule has 0 saturated heterocycles. The fourth-order valence-electron chi connectivity index (χ4n) is 5.79. The number of nitrogens with zero attached hydrogens (tertiary/aromatic N) is 6. The van der Waals surface area contributed by atoms with Crippen LogP contribution in [0.15, 0.2) is 42.5 Å². The Morgan fingerprint density at radius 1 is 1.10 bits per heavy atom. The van der Waals surface area contributed by atoms with E-state index in [1.165, 1.54) is 18.5 Å². The van der Waals surface area contributed by atoms with E-state index in [-0.39, 0.29) is 51.8 Å². The third kappa shape index (κ3) is 7.91. The molecule has 1 amide bonds. The SMILES string of the molecule is Cn1nc(NS(C)(=O)=O)c2c(Cl)ccc(-c3ccc(C#CC(C)(C)S(=O)(=O)C4CC4)nc3[C@H](Cc3cc(F)cc(F)c3)NC(=O)Cc3nn[nH]n3)c21. The Morgan fingerprint density at radius 2 is 1.79 bits per heavy atom. The second-order valence-electron chi connectivity index (χ2n) is 12.9. The molecule has 19 heteroatoms. The van der Waals surface area contributed by atoms with Crippen LogP contribution in [0.25, 0.3) is 22.0 Å². The molecule has 0 unspecified atom stereocenters. The van der Waals surface area contributed by atoms with Gasteiger partial charge in [0, 0.05) is 24.2 Å². The second-order valence-corrected chi connectivity index (χ2v) is 17.8. The lowest BCUT2D eigenvalue weighted by Gasteiger charge is -2.22. The van der Waals surface area contributed by atoms with E-state index in [2.05, 4.69) is 47.6 Å². The van der Waals surface area contributed by atoms with Crippen molar-refractivity contribution in [1.29, 1.82) is 0 Å². The van der Waals surface area contributed by atoms with Crippen LogP contribution in [0, 0.1) is 23.5 Å². The average molecular weight is 772 g/mol. The highest BCUT2D eigenvalue weighted by Gasteiger charge is 2.45. The van der Waals surface area contributed by atoms with Gasteiger partial charge in [0.25, 0.3) is 0 Å². The number of pyridine rings is 1. The lowest BCUT2D eigenvalue weighted by molar-refractivity contribution is -0.121. The number of rotatable bonds is 11. The molecule has 1 aliphatic carbocycles. The number of H-pyrrole nitrogens is 1. The molecule has 5 aromatic rings. The van der Waals surface area contributed by atoms with Gasteiger partial charge in [-0.2, -0.15) is 10.3 Å². The van der Waals surface area contributed by atoms with E-state index in [0.29, 0.717) is 29.5 Å². The van der Waals surface area contributed by atoms with Gasteiger partial charge < -0.3 is 5.32 Å². The monoisotopic (exact) mass is 771 g/mol. The summed E-state index contributed by atoms with van der Waals surface area (Å²) in [6.45, 7) is 3.05. The van der Waals surface area contributed by atoms with Crippen molar-refractivity contribution in [3.05, 3.63) is 81.9 Å². The first-order chi connectivity index (χ1) is 24.4. The number of aromatic nitrogens is 7. The van der Waals surface area contributed by atoms with Crippen molar-refractivity contribution in [2.45, 2.75) is 55.6 Å². The number of amides is 1. The van der Waals surface area contributed by atoms with E-state index in [9.17, 15) is 30.4 Å². The number of carbonyl (C=O) groups excluding carboxylic acids is 1. The van der Waals surface area contributed by atoms with Crippen LogP contribution in [0.2, 0.25) is 5.02 Å². The Balaban J connectivity index is 1.55. The van der Waals surface area contributed by atoms with Gasteiger partial charge in [-0.25, -0.2) is 30.6 Å². The largest absolute Gasteiger partial charge is 0.347 e. The van der Waals surface area contributed by atoms with Gasteiger partial charge in [0.15, 0.2) is 21.5 Å². The molecule has 52 heavy (non-hydrogen) atoms. The minimum atomic E-state index is -3.76. The molecule has 6 rings (SSSR count). The zero-order valence-corrected chi connectivity index (χ0v) is 30.6. The highest BCUT2D eigenvalue weighted by atomic mass is 35.5. The van der Waals surface area contributed by atoms with Crippen LogP contribution >= 0.6 is 11.6 Å². The summed E-state index contributed by atoms with van der Waals surface area (Å²) in [5.41, 5.74) is 1.76. The number of nitrogens with one attached hydrogen (secondary N) is 3. The van der Waals surface area contributed by atoms with Crippen molar-refractivity contribution in [3.8, 4) is 23.0 Å². The number of halogens is 3. The van der Waals surface area contributed by atoms with Gasteiger partial charge in [0.1, 0.15) is 22.1 Å². The highest BCUT2D eigenvalue weighted by molar-refractivity contribution is 7.93. The van der Waals surface area contributed by atoms with Crippen molar-refractivity contribution in [1.82, 2.24) is 40.7 Å². The Labute approximate surface area is 302 Å². The maximum absolute atomic E-state index is 14.4. The topological polar surface area (TPSA) is 195 Å². The van der Waals surface area contributed by atoms with Gasteiger partial charge >= 0.3 is 0 Å². The van der Waals surface area contributed by atoms with Gasteiger partial charge in [-0.05, 0) is 74.9 Å². The first-order valence-corrected chi connectivity index (χ1v) is 19.6. The van der Waals surface area contributed by atoms with Crippen LogP contribution in [0.4, 0.5) is 14.6 Å². The molecule has 272 valence electrons. The molecule has 1 saturated carbocycles. The molecule has 0 radical (unpaired) electrons. The third-order valence-corrected chi connectivity index (χ3v) is 12.1. The van der Waals surface area contributed by atoms with Crippen molar-refractivity contribution < 1.29 is 30.4 Å². The van der Waals surface area contributed by atoms with Crippen LogP contribution in [-0.4, -0.2) is 74.4 Å². The summed E-state index contributed by atoms with van der Waals surface area (Å²) in [4.78, 5) is 18.3. The standard InChI is InChI=1S/C33H32ClF2N9O5S2/c1-33(2,52(49,50)22-6-7-22)12-11-21-5-8-23(24-9-10-25(34)29-31(24)45(3)41-32(29)42-51(4,47)48)30(37-21)26(15-18-13-19(35)16-20(36)14-18)38-28(46)17-27-39-43-44-40-27/h5,8-10,13-14,16,22,26H,6-7,15,17H2,1-4H3,(H,38,46)(H,41,42)(H,39,40,43,44)/t26-/m0/s1. The maximum atomic E-state index is 14.4. The number of aryl methyl sites for hydroxylation is 1. The number of carbonyl (C=O) groups is 1. The molecule has 0 bridgehead atoms. The number of tetrazole rings is 1. The fourth-order valence-corrected chi connectivity index (χ4v) is 8.31. The zero-order chi connectivity index (χ0) is 37.6. The maximum Gasteiger partial charge on any atom is 0.231 e. The quantitative estimate of drug-likeness (QED) is 0.166. The molecule has 1 atom stereocenters. The number of sulfone groups is 1. The first kappa shape index (κ1) is 36.8. The fraction of sp³-hybridized carbons (Fsp3) is 0.333. The Morgan fingerprint density at radius 3 is 2.42 bits per heavy atom. The number of fused-ring (bicyclic) bond motifs is 1. The van der Waals surface area contributed by atoms with Crippen LogP contribution in [0.1, 0.15) is 55.5 Å². The predicted molar refractivity (Wildman–Crippen MR) is 189 cm³/mol. The Bertz CT molecular complexity index is 2470. The van der Waals surface area contributed by atoms with Gasteiger partial charge in [-0.3, -0.25) is 14.2 Å². The van der Waals surface area contributed by atoms with E-state index in [1.807, 2.05) is 0 Å². The van der Waals surface area contributed by atoms with Gasteiger partial charge in [0.05, 0.1) is 45.6 Å². The molecule has 3 N–H and O–H groups in total. The lowest BCUT2D eigenvalue weighted by atomic mass is 9.93. The normalized spacial score (nSPS) is 14.1. The molecule has 14 nitrogen and oxygen atoms in total. The summed E-state index contributed by atoms with van der Waals surface area (Å²) in [7, 11) is -5.74. The average Bonchev–Trinajstić information content (AvgIpc) is 3.71. The van der Waals surface area contributed by atoms with Gasteiger partial charge in [-0.15, -0.1) is 10.2 Å². The van der Waals surface area contributed by atoms with E-state index in [0.717, 1.165) is 24.5 Å². The molecule has 2 aromatic carbocycles. The Hall–Kier alpha value is -4.99. The lowest BCUT2D eigenvalue weighted by Crippen LogP contribution is -2.33. The predicted octanol–water partition coefficient (Wildman–Crippen LogP) is 3.80. The number of anilines is 1. The van der Waals surface area contributed by atoms with E-state index >= 15 is 0 Å². The number of benzene rings is 2. The van der Waals surface area contributed by atoms with Gasteiger partial charge in [0.2, 0.25) is 15.9 Å². The minimum absolute atomic E-state index is 0.0249. The summed E-state index contributed by atoms with van der Waals surface area (Å²) in [5, 5.41) is 20.6. The van der Waals surface area contributed by atoms with Crippen molar-refractivity contribution in [2.75, 3.05) is 11.0 Å². The van der Waals surface area contributed by atoms with E-state index < -0.39 is 53.4 Å². The van der Waals surface area contributed by atoms with Crippen LogP contribution < -0.4 is 10.0 Å². The molecular formula is C33H32ClF2N9O5S2. The first-order valence-electron chi connectivity index (χ1n) is 15.8. The molecule has 1 aliphatic rings. The van der Waals surface area contributed by atoms with Crippen LogP contribution in [0.3, 0.4) is 0 Å². The summed E-state index contributed by atoms with van der Waals surface area (Å²) in [6, 6.07) is 8.32. The molecule has 1 fully saturated rings. The van der Waals surface area contributed by atoms with Crippen LogP contribution in [0.5, 0.6) is 0 Å².